The number of phenolic OH excluding ortho intramolecular Hbond substituents is 2. The Kier molecular flexibility index (Phi) is 14.4. The molecule has 0 saturated heterocycles. The van der Waals surface area contributed by atoms with E-state index in [4.69, 9.17) is 18.9 Å². The van der Waals surface area contributed by atoms with Gasteiger partial charge in [-0.2, -0.15) is 0 Å². The summed E-state index contributed by atoms with van der Waals surface area (Å²) in [7, 11) is 0. The molecule has 0 aliphatic heterocycles. The Hall–Kier alpha value is -4.74. The molecule has 10 nitrogen and oxygen atoms in total. The molecule has 2 unspecified atom stereocenters. The lowest BCUT2D eigenvalue weighted by atomic mass is 10.0. The summed E-state index contributed by atoms with van der Waals surface area (Å²) in [5.74, 6) is -0.294. The van der Waals surface area contributed by atoms with E-state index in [1.54, 1.807) is 60.7 Å². The summed E-state index contributed by atoms with van der Waals surface area (Å²) in [5.41, 5.74) is 1.30. The number of carbonyl (C=O) groups excluding carboxylic acids is 2. The fraction of sp³-hybridized carbons (Fsp3) is 0.316. The molecule has 0 aromatic heterocycles. The fourth-order valence-electron chi connectivity index (χ4n) is 4.76. The summed E-state index contributed by atoms with van der Waals surface area (Å²) in [6, 6.07) is 26.2. The molecule has 2 atom stereocenters. The van der Waals surface area contributed by atoms with E-state index in [1.807, 2.05) is 12.1 Å². The van der Waals surface area contributed by atoms with Crippen LogP contribution < -0.4 is 9.47 Å². The van der Waals surface area contributed by atoms with Crippen molar-refractivity contribution in [2.75, 3.05) is 39.6 Å². The number of hydrogen-bond donors (Lipinski definition) is 4. The Morgan fingerprint density at radius 2 is 0.917 bits per heavy atom. The minimum atomic E-state index is -0.851. The second kappa shape index (κ2) is 19.2. The van der Waals surface area contributed by atoms with Gasteiger partial charge in [0, 0.05) is 36.5 Å². The van der Waals surface area contributed by atoms with Crippen LogP contribution in [-0.2, 0) is 9.47 Å². The van der Waals surface area contributed by atoms with Gasteiger partial charge in [0.05, 0.1) is 24.3 Å². The maximum absolute atomic E-state index is 12.6. The number of hydrogen-bond acceptors (Lipinski definition) is 10. The SMILES string of the molecule is O=C(c1ccccc1)c1ccc(OCC(O)COCCCCCCOCC(O)COc2ccc(C(=O)c3ccccc3)c(O)c2)cc1O. The lowest BCUT2D eigenvalue weighted by Gasteiger charge is -2.14. The Morgan fingerprint density at radius 1 is 0.521 bits per heavy atom. The Labute approximate surface area is 280 Å². The van der Waals surface area contributed by atoms with E-state index in [-0.39, 0.29) is 60.6 Å². The summed E-state index contributed by atoms with van der Waals surface area (Å²) in [6.45, 7) is 1.14. The molecule has 0 radical (unpaired) electrons. The van der Waals surface area contributed by atoms with Crippen molar-refractivity contribution in [1.82, 2.24) is 0 Å². The van der Waals surface area contributed by atoms with Gasteiger partial charge in [-0.05, 0) is 37.1 Å². The number of rotatable bonds is 21. The zero-order chi connectivity index (χ0) is 34.1. The summed E-state index contributed by atoms with van der Waals surface area (Å²) in [6.07, 6.45) is 1.77. The van der Waals surface area contributed by atoms with Gasteiger partial charge in [0.2, 0.25) is 0 Å². The second-order valence-electron chi connectivity index (χ2n) is 11.2. The number of carbonyl (C=O) groups is 2. The lowest BCUT2D eigenvalue weighted by molar-refractivity contribution is 0.00820. The predicted octanol–water partition coefficient (Wildman–Crippen LogP) is 5.33. The van der Waals surface area contributed by atoms with E-state index in [0.29, 0.717) is 35.8 Å². The third-order valence-electron chi connectivity index (χ3n) is 7.33. The molecule has 0 heterocycles. The molecule has 0 bridgehead atoms. The molecule has 0 fully saturated rings. The zero-order valence-corrected chi connectivity index (χ0v) is 26.7. The summed E-state index contributed by atoms with van der Waals surface area (Å²) in [4.78, 5) is 25.1. The number of aromatic hydroxyl groups is 2. The van der Waals surface area contributed by atoms with Gasteiger partial charge in [-0.1, -0.05) is 73.5 Å². The van der Waals surface area contributed by atoms with Crippen molar-refractivity contribution in [3.63, 3.8) is 0 Å². The Morgan fingerprint density at radius 3 is 1.29 bits per heavy atom. The van der Waals surface area contributed by atoms with E-state index in [2.05, 4.69) is 0 Å². The van der Waals surface area contributed by atoms with Gasteiger partial charge >= 0.3 is 0 Å². The number of ketones is 2. The number of aliphatic hydroxyl groups excluding tert-OH is 2. The molecule has 254 valence electrons. The molecule has 48 heavy (non-hydrogen) atoms. The first-order valence-electron chi connectivity index (χ1n) is 15.9. The van der Waals surface area contributed by atoms with E-state index >= 15 is 0 Å². The first kappa shape index (κ1) is 36.1. The van der Waals surface area contributed by atoms with Gasteiger partial charge in [0.1, 0.15) is 48.4 Å². The van der Waals surface area contributed by atoms with Crippen LogP contribution in [0, 0.1) is 0 Å². The summed E-state index contributed by atoms with van der Waals surface area (Å²) in [5, 5.41) is 40.9. The van der Waals surface area contributed by atoms with Gasteiger partial charge in [0.15, 0.2) is 11.6 Å². The summed E-state index contributed by atoms with van der Waals surface area (Å²) < 4.78 is 22.2. The van der Waals surface area contributed by atoms with Crippen LogP contribution in [0.3, 0.4) is 0 Å². The highest BCUT2D eigenvalue weighted by Crippen LogP contribution is 2.27. The van der Waals surface area contributed by atoms with Crippen LogP contribution >= 0.6 is 0 Å². The lowest BCUT2D eigenvalue weighted by Crippen LogP contribution is -2.24. The number of aliphatic hydroxyl groups is 2. The molecule has 4 rings (SSSR count). The second-order valence-corrected chi connectivity index (χ2v) is 11.2. The van der Waals surface area contributed by atoms with Crippen molar-refractivity contribution < 1.29 is 49.0 Å². The third-order valence-corrected chi connectivity index (χ3v) is 7.33. The van der Waals surface area contributed by atoms with Gasteiger partial charge in [-0.3, -0.25) is 9.59 Å². The van der Waals surface area contributed by atoms with Crippen molar-refractivity contribution in [2.45, 2.75) is 37.9 Å². The molecule has 0 aliphatic rings. The number of benzene rings is 4. The zero-order valence-electron chi connectivity index (χ0n) is 26.7. The molecule has 4 N–H and O–H groups in total. The number of unbranched alkanes of at least 4 members (excludes halogenated alkanes) is 3. The average molecular weight is 659 g/mol. The van der Waals surface area contributed by atoms with E-state index in [1.165, 1.54) is 24.3 Å². The highest BCUT2D eigenvalue weighted by Gasteiger charge is 2.16. The first-order chi connectivity index (χ1) is 23.3. The van der Waals surface area contributed by atoms with Crippen molar-refractivity contribution in [3.05, 3.63) is 119 Å². The van der Waals surface area contributed by atoms with Gasteiger partial charge in [-0.15, -0.1) is 0 Å². The highest BCUT2D eigenvalue weighted by atomic mass is 16.5. The smallest absolute Gasteiger partial charge is 0.196 e. The largest absolute Gasteiger partial charge is 0.507 e. The van der Waals surface area contributed by atoms with Crippen LogP contribution in [0.1, 0.15) is 57.5 Å². The molecule has 4 aromatic carbocycles. The van der Waals surface area contributed by atoms with Crippen molar-refractivity contribution in [1.29, 1.82) is 0 Å². The normalized spacial score (nSPS) is 12.3. The van der Waals surface area contributed by atoms with Crippen molar-refractivity contribution in [3.8, 4) is 23.0 Å². The molecule has 10 heteroatoms. The van der Waals surface area contributed by atoms with Gasteiger partial charge in [-0.25, -0.2) is 0 Å². The first-order valence-corrected chi connectivity index (χ1v) is 15.9. The van der Waals surface area contributed by atoms with E-state index in [9.17, 15) is 30.0 Å². The van der Waals surface area contributed by atoms with Gasteiger partial charge in [0.25, 0.3) is 0 Å². The molecular formula is C38H42O10. The van der Waals surface area contributed by atoms with Crippen LogP contribution in [0.2, 0.25) is 0 Å². The monoisotopic (exact) mass is 658 g/mol. The Bertz CT molecular complexity index is 1460. The van der Waals surface area contributed by atoms with Crippen LogP contribution in [0.5, 0.6) is 23.0 Å². The van der Waals surface area contributed by atoms with Crippen LogP contribution in [0.4, 0.5) is 0 Å². The number of ether oxygens (including phenoxy) is 4. The summed E-state index contributed by atoms with van der Waals surface area (Å²) >= 11 is 0. The minimum absolute atomic E-state index is 0.0236. The van der Waals surface area contributed by atoms with E-state index in [0.717, 1.165) is 25.7 Å². The third kappa shape index (κ3) is 11.5. The van der Waals surface area contributed by atoms with Gasteiger partial charge < -0.3 is 39.4 Å². The van der Waals surface area contributed by atoms with Crippen LogP contribution in [0.15, 0.2) is 97.1 Å². The molecule has 0 amide bonds. The standard InChI is InChI=1S/C38H42O10/c39-29(25-47-31-15-17-33(35(41)21-31)37(43)27-11-5-3-6-12-27)23-45-19-9-1-2-10-20-46-24-30(40)26-48-32-16-18-34(36(42)22-32)38(44)28-13-7-4-8-14-28/h3-8,11-18,21-22,29-30,39-42H,1-2,9-10,19-20,23-26H2. The molecular weight excluding hydrogens is 616 g/mol. The highest BCUT2D eigenvalue weighted by molar-refractivity contribution is 6.11. The van der Waals surface area contributed by atoms with Crippen molar-refractivity contribution >= 4 is 11.6 Å². The van der Waals surface area contributed by atoms with Crippen LogP contribution in [-0.4, -0.2) is 83.8 Å². The average Bonchev–Trinajstić information content (AvgIpc) is 3.11. The fourth-order valence-corrected chi connectivity index (χ4v) is 4.76. The quantitative estimate of drug-likeness (QED) is 0.0683. The topological polar surface area (TPSA) is 152 Å². The maximum Gasteiger partial charge on any atom is 0.196 e. The molecule has 0 aliphatic carbocycles. The molecule has 0 spiro atoms. The van der Waals surface area contributed by atoms with E-state index < -0.39 is 12.2 Å². The van der Waals surface area contributed by atoms with Crippen LogP contribution in [0.25, 0.3) is 0 Å². The maximum atomic E-state index is 12.6. The van der Waals surface area contributed by atoms with Crippen molar-refractivity contribution in [2.24, 2.45) is 0 Å². The number of phenols is 2. The molecule has 4 aromatic rings. The Balaban J connectivity index is 0.993. The molecule has 0 saturated carbocycles. The predicted molar refractivity (Wildman–Crippen MR) is 179 cm³/mol. The minimum Gasteiger partial charge on any atom is -0.507 e.